The van der Waals surface area contributed by atoms with E-state index < -0.39 is 23.1 Å². The van der Waals surface area contributed by atoms with Gasteiger partial charge in [-0.3, -0.25) is 14.2 Å². The van der Waals surface area contributed by atoms with Gasteiger partial charge in [0.25, 0.3) is 11.5 Å². The Kier molecular flexibility index (Phi) is 5.85. The molecule has 3 rings (SSSR count). The van der Waals surface area contributed by atoms with Gasteiger partial charge in [-0.15, -0.1) is 17.9 Å². The zero-order valence-electron chi connectivity index (χ0n) is 15.0. The second-order valence-corrected chi connectivity index (χ2v) is 7.27. The Morgan fingerprint density at radius 1 is 1.29 bits per heavy atom. The van der Waals surface area contributed by atoms with Gasteiger partial charge in [-0.2, -0.15) is 5.26 Å². The Labute approximate surface area is 163 Å². The van der Waals surface area contributed by atoms with E-state index in [4.69, 9.17) is 0 Å². The molecule has 1 aliphatic heterocycles. The summed E-state index contributed by atoms with van der Waals surface area (Å²) in [5.41, 5.74) is -1.04. The van der Waals surface area contributed by atoms with Crippen LogP contribution in [-0.2, 0) is 11.3 Å². The lowest BCUT2D eigenvalue weighted by Gasteiger charge is -2.13. The summed E-state index contributed by atoms with van der Waals surface area (Å²) in [5, 5.41) is 9.58. The van der Waals surface area contributed by atoms with Crippen LogP contribution in [0.1, 0.15) is 18.4 Å². The summed E-state index contributed by atoms with van der Waals surface area (Å²) in [6, 6.07) is 5.32. The molecular weight excluding hydrogens is 384 g/mol. The molecule has 5 nitrogen and oxygen atoms in total. The third-order valence-corrected chi connectivity index (χ3v) is 5.56. The smallest absolute Gasteiger partial charge is 0.269 e. The highest BCUT2D eigenvalue weighted by Gasteiger charge is 2.24. The van der Waals surface area contributed by atoms with Crippen LogP contribution in [0.5, 0.6) is 0 Å². The van der Waals surface area contributed by atoms with Crippen LogP contribution >= 0.6 is 11.3 Å². The fraction of sp³-hybridized carbons (Fsp3) is 0.250. The third kappa shape index (κ3) is 3.66. The molecule has 0 atom stereocenters. The number of thiazole rings is 1. The molecule has 8 heteroatoms. The average Bonchev–Trinajstić information content (AvgIpc) is 3.30. The summed E-state index contributed by atoms with van der Waals surface area (Å²) in [4.78, 5) is 27.1. The van der Waals surface area contributed by atoms with Crippen molar-refractivity contribution in [2.75, 3.05) is 13.1 Å². The highest BCUT2D eigenvalue weighted by molar-refractivity contribution is 7.07. The topological polar surface area (TPSA) is 66.1 Å². The van der Waals surface area contributed by atoms with Crippen LogP contribution in [0.2, 0.25) is 0 Å². The molecule has 0 radical (unpaired) electrons. The number of nitriles is 1. The van der Waals surface area contributed by atoms with E-state index in [-0.39, 0.29) is 26.9 Å². The monoisotopic (exact) mass is 401 g/mol. The summed E-state index contributed by atoms with van der Waals surface area (Å²) >= 11 is 0.865. The lowest BCUT2D eigenvalue weighted by atomic mass is 10.2. The van der Waals surface area contributed by atoms with Crippen molar-refractivity contribution in [2.45, 2.75) is 19.4 Å². The van der Waals surface area contributed by atoms with Crippen molar-refractivity contribution in [1.29, 1.82) is 5.26 Å². The fourth-order valence-electron chi connectivity index (χ4n) is 3.05. The quantitative estimate of drug-likeness (QED) is 0.730. The summed E-state index contributed by atoms with van der Waals surface area (Å²) in [7, 11) is 0. The van der Waals surface area contributed by atoms with Crippen LogP contribution in [0.15, 0.2) is 35.6 Å². The summed E-state index contributed by atoms with van der Waals surface area (Å²) in [6.45, 7) is 4.77. The van der Waals surface area contributed by atoms with Crippen LogP contribution in [0.4, 0.5) is 8.78 Å². The van der Waals surface area contributed by atoms with Gasteiger partial charge in [-0.05, 0) is 31.1 Å². The first-order valence-corrected chi connectivity index (χ1v) is 9.49. The minimum absolute atomic E-state index is 0.0304. The standard InChI is InChI=1S/C20H17F2N3O2S/c1-2-8-25-19(27)17(11-13-15(21)6-5-7-16(13)22)28-20(25)14(12-23)18(26)24-9-3-4-10-24/h2,5-7,11H,1,3-4,8-10H2/b17-11-,20-14+. The SMILES string of the molecule is C=CCn1c(=O)/c(=C/c2c(F)cccc2F)s/c1=C(\C#N)C(=O)N1CCCC1. The Morgan fingerprint density at radius 2 is 1.93 bits per heavy atom. The molecule has 0 aliphatic carbocycles. The van der Waals surface area contributed by atoms with Crippen molar-refractivity contribution in [3.8, 4) is 6.07 Å². The second kappa shape index (κ2) is 8.31. The molecule has 1 aromatic heterocycles. The highest BCUT2D eigenvalue weighted by atomic mass is 32.1. The van der Waals surface area contributed by atoms with Crippen LogP contribution in [0.3, 0.4) is 0 Å². The molecule has 1 amide bonds. The summed E-state index contributed by atoms with van der Waals surface area (Å²) in [6.07, 6.45) is 4.29. The zero-order chi connectivity index (χ0) is 20.3. The molecule has 1 saturated heterocycles. The number of halogens is 2. The number of aromatic nitrogens is 1. The van der Waals surface area contributed by atoms with E-state index in [1.54, 1.807) is 4.90 Å². The molecule has 2 aromatic rings. The number of hydrogen-bond donors (Lipinski definition) is 0. The van der Waals surface area contributed by atoms with Gasteiger partial charge >= 0.3 is 0 Å². The molecule has 0 bridgehead atoms. The number of allylic oxidation sites excluding steroid dienone is 1. The van der Waals surface area contributed by atoms with Gasteiger partial charge in [-0.1, -0.05) is 12.1 Å². The average molecular weight is 401 g/mol. The first-order valence-electron chi connectivity index (χ1n) is 8.68. The fourth-order valence-corrected chi connectivity index (χ4v) is 4.13. The molecule has 0 spiro atoms. The Hall–Kier alpha value is -3.05. The minimum atomic E-state index is -0.803. The molecule has 1 fully saturated rings. The first-order chi connectivity index (χ1) is 13.5. The maximum Gasteiger partial charge on any atom is 0.269 e. The van der Waals surface area contributed by atoms with Crippen molar-refractivity contribution >= 4 is 28.9 Å². The lowest BCUT2D eigenvalue weighted by Crippen LogP contribution is -2.35. The van der Waals surface area contributed by atoms with Gasteiger partial charge in [0.05, 0.1) is 4.53 Å². The van der Waals surface area contributed by atoms with E-state index in [1.165, 1.54) is 16.7 Å². The normalized spacial score (nSPS) is 15.5. The highest BCUT2D eigenvalue weighted by Crippen LogP contribution is 2.13. The van der Waals surface area contributed by atoms with Crippen molar-refractivity contribution < 1.29 is 13.6 Å². The van der Waals surface area contributed by atoms with Crippen LogP contribution in [0, 0.1) is 23.0 Å². The van der Waals surface area contributed by atoms with Gasteiger partial charge < -0.3 is 4.90 Å². The summed E-state index contributed by atoms with van der Waals surface area (Å²) in [5.74, 6) is -2.05. The number of carbonyl (C=O) groups excluding carboxylic acids is 1. The molecule has 0 N–H and O–H groups in total. The van der Waals surface area contributed by atoms with Crippen LogP contribution < -0.4 is 14.8 Å². The largest absolute Gasteiger partial charge is 0.338 e. The summed E-state index contributed by atoms with van der Waals surface area (Å²) < 4.78 is 29.4. The first kappa shape index (κ1) is 19.7. The van der Waals surface area contributed by atoms with E-state index in [0.29, 0.717) is 13.1 Å². The number of likely N-dealkylation sites (tertiary alicyclic amines) is 1. The molecule has 0 unspecified atom stereocenters. The van der Waals surface area contributed by atoms with Crippen LogP contribution in [0.25, 0.3) is 11.6 Å². The van der Waals surface area contributed by atoms with Gasteiger partial charge in [-0.25, -0.2) is 8.78 Å². The Bertz CT molecular complexity index is 1130. The number of amides is 1. The Balaban J connectivity index is 2.28. The van der Waals surface area contributed by atoms with E-state index in [0.717, 1.165) is 42.4 Å². The van der Waals surface area contributed by atoms with Crippen molar-refractivity contribution in [3.05, 3.63) is 67.6 Å². The maximum absolute atomic E-state index is 14.0. The molecule has 1 aliphatic rings. The van der Waals surface area contributed by atoms with Gasteiger partial charge in [0.2, 0.25) is 0 Å². The van der Waals surface area contributed by atoms with Crippen molar-refractivity contribution in [1.82, 2.24) is 9.47 Å². The van der Waals surface area contributed by atoms with Gasteiger partial charge in [0.15, 0.2) is 5.57 Å². The van der Waals surface area contributed by atoms with E-state index >= 15 is 0 Å². The minimum Gasteiger partial charge on any atom is -0.338 e. The van der Waals surface area contributed by atoms with E-state index in [2.05, 4.69) is 6.58 Å². The van der Waals surface area contributed by atoms with E-state index in [1.807, 2.05) is 6.07 Å². The number of nitrogens with zero attached hydrogens (tertiary/aromatic N) is 3. The Morgan fingerprint density at radius 3 is 2.50 bits per heavy atom. The van der Waals surface area contributed by atoms with E-state index in [9.17, 15) is 23.6 Å². The molecule has 144 valence electrons. The molecular formula is C20H17F2N3O2S. The number of carbonyl (C=O) groups is 1. The number of benzene rings is 1. The zero-order valence-corrected chi connectivity index (χ0v) is 15.8. The van der Waals surface area contributed by atoms with Crippen LogP contribution in [-0.4, -0.2) is 28.5 Å². The molecule has 28 heavy (non-hydrogen) atoms. The van der Waals surface area contributed by atoms with Gasteiger partial charge in [0.1, 0.15) is 22.4 Å². The molecule has 2 heterocycles. The van der Waals surface area contributed by atoms with Crippen molar-refractivity contribution in [2.24, 2.45) is 0 Å². The number of hydrogen-bond acceptors (Lipinski definition) is 4. The molecule has 0 saturated carbocycles. The lowest BCUT2D eigenvalue weighted by molar-refractivity contribution is -0.123. The van der Waals surface area contributed by atoms with Crippen molar-refractivity contribution in [3.63, 3.8) is 0 Å². The maximum atomic E-state index is 14.0. The predicted octanol–water partition coefficient (Wildman–Crippen LogP) is 1.50. The predicted molar refractivity (Wildman–Crippen MR) is 103 cm³/mol. The number of rotatable bonds is 4. The molecule has 1 aromatic carbocycles. The third-order valence-electron chi connectivity index (χ3n) is 4.43. The second-order valence-electron chi connectivity index (χ2n) is 6.24. The van der Waals surface area contributed by atoms with Gasteiger partial charge in [0, 0.05) is 25.2 Å².